The normalized spacial score (nSPS) is 19.3. The van der Waals surface area contributed by atoms with Gasteiger partial charge in [0.25, 0.3) is 0 Å². The number of piperidine rings is 1. The molecule has 2 aliphatic heterocycles. The molecule has 2 heterocycles. The first-order chi connectivity index (χ1) is 12.7. The van der Waals surface area contributed by atoms with Crippen LogP contribution in [0.4, 0.5) is 5.69 Å². The molecule has 2 aromatic carbocycles. The molecule has 0 aliphatic carbocycles. The van der Waals surface area contributed by atoms with Crippen molar-refractivity contribution in [3.05, 3.63) is 52.5 Å². The third-order valence-corrected chi connectivity index (χ3v) is 5.36. The summed E-state index contributed by atoms with van der Waals surface area (Å²) in [6.45, 7) is 2.93. The predicted molar refractivity (Wildman–Crippen MR) is 103 cm³/mol. The van der Waals surface area contributed by atoms with Crippen molar-refractivity contribution in [1.29, 1.82) is 0 Å². The Kier molecular flexibility index (Phi) is 5.13. The lowest BCUT2D eigenvalue weighted by Crippen LogP contribution is -2.40. The van der Waals surface area contributed by atoms with Gasteiger partial charge in [0.1, 0.15) is 0 Å². The van der Waals surface area contributed by atoms with Gasteiger partial charge in [-0.3, -0.25) is 9.69 Å². The lowest BCUT2D eigenvalue weighted by Gasteiger charge is -2.32. The van der Waals surface area contributed by atoms with Gasteiger partial charge in [-0.2, -0.15) is 0 Å². The van der Waals surface area contributed by atoms with E-state index >= 15 is 0 Å². The number of carbonyl (C=O) groups excluding carboxylic acids is 1. The number of anilines is 1. The zero-order valence-electron chi connectivity index (χ0n) is 14.4. The largest absolute Gasteiger partial charge is 0.454 e. The van der Waals surface area contributed by atoms with Gasteiger partial charge in [0.2, 0.25) is 12.7 Å². The quantitative estimate of drug-likeness (QED) is 0.817. The van der Waals surface area contributed by atoms with Crippen molar-refractivity contribution in [3.8, 4) is 11.5 Å². The molecule has 1 saturated heterocycles. The van der Waals surface area contributed by atoms with Crippen LogP contribution in [0.5, 0.6) is 11.5 Å². The fourth-order valence-corrected chi connectivity index (χ4v) is 3.74. The number of nitrogens with one attached hydrogen (secondary N) is 1. The molecule has 0 aromatic heterocycles. The summed E-state index contributed by atoms with van der Waals surface area (Å²) in [6, 6.07) is 13.9. The molecule has 1 atom stereocenters. The van der Waals surface area contributed by atoms with Crippen LogP contribution in [-0.4, -0.2) is 30.7 Å². The van der Waals surface area contributed by atoms with Crippen LogP contribution in [0.25, 0.3) is 0 Å². The Morgan fingerprint density at radius 3 is 2.81 bits per heavy atom. The van der Waals surface area contributed by atoms with Gasteiger partial charge in [0, 0.05) is 29.3 Å². The molecule has 0 bridgehead atoms. The smallest absolute Gasteiger partial charge is 0.231 e. The molecule has 1 unspecified atom stereocenters. The van der Waals surface area contributed by atoms with E-state index in [4.69, 9.17) is 9.47 Å². The van der Waals surface area contributed by atoms with E-state index in [1.54, 1.807) is 0 Å². The molecule has 0 spiro atoms. The zero-order chi connectivity index (χ0) is 17.9. The van der Waals surface area contributed by atoms with Gasteiger partial charge in [-0.1, -0.05) is 28.1 Å². The van der Waals surface area contributed by atoms with Crippen LogP contribution in [-0.2, 0) is 11.3 Å². The van der Waals surface area contributed by atoms with E-state index in [-0.39, 0.29) is 18.6 Å². The van der Waals surface area contributed by atoms with Crippen molar-refractivity contribution in [3.63, 3.8) is 0 Å². The molecular formula is C20H21BrN2O3. The third-order valence-electron chi connectivity index (χ3n) is 4.84. The van der Waals surface area contributed by atoms with Crippen molar-refractivity contribution in [2.45, 2.75) is 19.4 Å². The molecule has 2 aliphatic rings. The van der Waals surface area contributed by atoms with Crippen LogP contribution in [0.2, 0.25) is 0 Å². The van der Waals surface area contributed by atoms with Crippen molar-refractivity contribution in [2.75, 3.05) is 25.2 Å². The second-order valence-corrected chi connectivity index (χ2v) is 7.67. The van der Waals surface area contributed by atoms with Gasteiger partial charge in [0.05, 0.1) is 5.92 Å². The van der Waals surface area contributed by atoms with Gasteiger partial charge < -0.3 is 14.8 Å². The molecule has 0 saturated carbocycles. The van der Waals surface area contributed by atoms with Gasteiger partial charge in [0.15, 0.2) is 11.5 Å². The van der Waals surface area contributed by atoms with E-state index in [1.807, 2.05) is 18.2 Å². The maximum absolute atomic E-state index is 12.7. The minimum Gasteiger partial charge on any atom is -0.454 e. The Morgan fingerprint density at radius 1 is 1.15 bits per heavy atom. The molecule has 1 fully saturated rings. The maximum atomic E-state index is 12.7. The van der Waals surface area contributed by atoms with E-state index < -0.39 is 0 Å². The number of rotatable bonds is 4. The average molecular weight is 417 g/mol. The van der Waals surface area contributed by atoms with Crippen LogP contribution in [0, 0.1) is 5.92 Å². The lowest BCUT2D eigenvalue weighted by atomic mass is 9.96. The predicted octanol–water partition coefficient (Wildman–Crippen LogP) is 4.03. The number of nitrogens with zero attached hydrogens (tertiary/aromatic N) is 1. The Bertz CT molecular complexity index is 794. The van der Waals surface area contributed by atoms with E-state index in [9.17, 15) is 4.79 Å². The first-order valence-corrected chi connectivity index (χ1v) is 9.64. The summed E-state index contributed by atoms with van der Waals surface area (Å²) in [7, 11) is 0. The molecular weight excluding hydrogens is 396 g/mol. The van der Waals surface area contributed by atoms with Crippen LogP contribution in [0.15, 0.2) is 46.9 Å². The molecule has 6 heteroatoms. The number of halogens is 1. The van der Waals surface area contributed by atoms with Crippen molar-refractivity contribution < 1.29 is 14.3 Å². The SMILES string of the molecule is O=C(Nc1ccc2c(c1)OCO2)C1CCCN(Cc2ccc(Br)cc2)C1. The second-order valence-electron chi connectivity index (χ2n) is 6.76. The molecule has 4 rings (SSSR count). The number of ether oxygens (including phenoxy) is 2. The fourth-order valence-electron chi connectivity index (χ4n) is 3.48. The second kappa shape index (κ2) is 7.68. The fraction of sp³-hybridized carbons (Fsp3) is 0.350. The summed E-state index contributed by atoms with van der Waals surface area (Å²) < 4.78 is 11.8. The van der Waals surface area contributed by atoms with Crippen molar-refractivity contribution in [2.24, 2.45) is 5.92 Å². The Labute approximate surface area is 161 Å². The van der Waals surface area contributed by atoms with E-state index in [2.05, 4.69) is 50.4 Å². The van der Waals surface area contributed by atoms with E-state index in [0.717, 1.165) is 48.4 Å². The minimum atomic E-state index is 0.00428. The van der Waals surface area contributed by atoms with E-state index in [1.165, 1.54) is 5.56 Å². The number of benzene rings is 2. The topological polar surface area (TPSA) is 50.8 Å². The van der Waals surface area contributed by atoms with Crippen molar-refractivity contribution >= 4 is 27.5 Å². The average Bonchev–Trinajstić information content (AvgIpc) is 3.12. The number of fused-ring (bicyclic) bond motifs is 1. The van der Waals surface area contributed by atoms with Crippen LogP contribution in [0.1, 0.15) is 18.4 Å². The Hall–Kier alpha value is -2.05. The number of amides is 1. The highest BCUT2D eigenvalue weighted by Gasteiger charge is 2.26. The summed E-state index contributed by atoms with van der Waals surface area (Å²) in [5.41, 5.74) is 2.02. The van der Waals surface area contributed by atoms with Crippen molar-refractivity contribution in [1.82, 2.24) is 4.90 Å². The lowest BCUT2D eigenvalue weighted by molar-refractivity contribution is -0.121. The molecule has 1 N–H and O–H groups in total. The van der Waals surface area contributed by atoms with Gasteiger partial charge in [-0.15, -0.1) is 0 Å². The summed E-state index contributed by atoms with van der Waals surface area (Å²) in [6.07, 6.45) is 1.96. The number of carbonyl (C=O) groups is 1. The summed E-state index contributed by atoms with van der Waals surface area (Å²) >= 11 is 3.47. The number of hydrogen-bond acceptors (Lipinski definition) is 4. The first kappa shape index (κ1) is 17.4. The number of hydrogen-bond donors (Lipinski definition) is 1. The highest BCUT2D eigenvalue weighted by molar-refractivity contribution is 9.10. The number of likely N-dealkylation sites (tertiary alicyclic amines) is 1. The monoisotopic (exact) mass is 416 g/mol. The first-order valence-electron chi connectivity index (χ1n) is 8.85. The minimum absolute atomic E-state index is 0.00428. The van der Waals surface area contributed by atoms with Crippen LogP contribution < -0.4 is 14.8 Å². The standard InChI is InChI=1S/C20H21BrN2O3/c21-16-5-3-14(4-6-16)11-23-9-1-2-15(12-23)20(24)22-17-7-8-18-19(10-17)26-13-25-18/h3-8,10,15H,1-2,9,11-13H2,(H,22,24). The van der Waals surface area contributed by atoms with Gasteiger partial charge in [-0.25, -0.2) is 0 Å². The highest BCUT2D eigenvalue weighted by atomic mass is 79.9. The zero-order valence-corrected chi connectivity index (χ0v) is 16.0. The highest BCUT2D eigenvalue weighted by Crippen LogP contribution is 2.34. The van der Waals surface area contributed by atoms with Gasteiger partial charge in [-0.05, 0) is 49.2 Å². The van der Waals surface area contributed by atoms with Crippen LogP contribution >= 0.6 is 15.9 Å². The molecule has 2 aromatic rings. The molecule has 1 amide bonds. The molecule has 0 radical (unpaired) electrons. The van der Waals surface area contributed by atoms with Gasteiger partial charge >= 0.3 is 0 Å². The Balaban J connectivity index is 1.36. The Morgan fingerprint density at radius 2 is 1.96 bits per heavy atom. The van der Waals surface area contributed by atoms with Crippen LogP contribution in [0.3, 0.4) is 0 Å². The summed E-state index contributed by atoms with van der Waals surface area (Å²) in [5.74, 6) is 1.48. The maximum Gasteiger partial charge on any atom is 0.231 e. The summed E-state index contributed by atoms with van der Waals surface area (Å²) in [4.78, 5) is 15.1. The third kappa shape index (κ3) is 4.02. The molecule has 26 heavy (non-hydrogen) atoms. The van der Waals surface area contributed by atoms with E-state index in [0.29, 0.717) is 5.75 Å². The molecule has 5 nitrogen and oxygen atoms in total. The summed E-state index contributed by atoms with van der Waals surface area (Å²) in [5, 5.41) is 3.03. The molecule has 136 valence electrons.